The molecule has 2 saturated heterocycles. The third-order valence-corrected chi connectivity index (χ3v) is 5.13. The zero-order chi connectivity index (χ0) is 16.9. The minimum Gasteiger partial charge on any atom is -0.341 e. The fourth-order valence-electron chi connectivity index (χ4n) is 3.68. The van der Waals surface area contributed by atoms with Gasteiger partial charge in [0.1, 0.15) is 0 Å². The molecule has 0 aliphatic carbocycles. The molecule has 2 aliphatic heterocycles. The summed E-state index contributed by atoms with van der Waals surface area (Å²) in [6.45, 7) is 10.9. The number of carbonyl (C=O) groups is 1. The van der Waals surface area contributed by atoms with Crippen LogP contribution in [-0.4, -0.2) is 71.5 Å². The van der Waals surface area contributed by atoms with Crippen molar-refractivity contribution in [1.82, 2.24) is 19.8 Å². The minimum absolute atomic E-state index is 0.170. The van der Waals surface area contributed by atoms with Gasteiger partial charge in [-0.2, -0.15) is 0 Å². The van der Waals surface area contributed by atoms with Crippen molar-refractivity contribution in [3.05, 3.63) is 18.0 Å². The van der Waals surface area contributed by atoms with Gasteiger partial charge in [0.25, 0.3) is 0 Å². The molecule has 24 heavy (non-hydrogen) atoms. The van der Waals surface area contributed by atoms with E-state index in [2.05, 4.69) is 31.6 Å². The van der Waals surface area contributed by atoms with Gasteiger partial charge < -0.3 is 9.80 Å². The van der Waals surface area contributed by atoms with Gasteiger partial charge in [-0.05, 0) is 38.8 Å². The highest BCUT2D eigenvalue weighted by molar-refractivity contribution is 5.79. The average Bonchev–Trinajstić information content (AvgIpc) is 2.62. The van der Waals surface area contributed by atoms with Gasteiger partial charge in [-0.1, -0.05) is 6.92 Å². The van der Waals surface area contributed by atoms with Gasteiger partial charge in [0.05, 0.1) is 0 Å². The number of aryl methyl sites for hydroxylation is 1. The van der Waals surface area contributed by atoms with Crippen LogP contribution in [0, 0.1) is 12.8 Å². The van der Waals surface area contributed by atoms with Crippen molar-refractivity contribution in [2.75, 3.05) is 50.7 Å². The summed E-state index contributed by atoms with van der Waals surface area (Å²) in [6.07, 6.45) is 4.81. The lowest BCUT2D eigenvalue weighted by Gasteiger charge is -2.38. The highest BCUT2D eigenvalue weighted by atomic mass is 16.2. The molecule has 6 nitrogen and oxygen atoms in total. The molecule has 0 atom stereocenters. The molecule has 132 valence electrons. The number of aromatic nitrogens is 2. The second-order valence-corrected chi connectivity index (χ2v) is 6.93. The van der Waals surface area contributed by atoms with Crippen LogP contribution in [0.2, 0.25) is 0 Å². The highest BCUT2D eigenvalue weighted by Gasteiger charge is 2.30. The first-order valence-electron chi connectivity index (χ1n) is 9.23. The first kappa shape index (κ1) is 17.1. The van der Waals surface area contributed by atoms with Crippen LogP contribution in [0.25, 0.3) is 0 Å². The van der Waals surface area contributed by atoms with Crippen LogP contribution in [0.5, 0.6) is 0 Å². The standard InChI is InChI=1S/C18H29N5O/c1-3-8-21-11-13-22(14-12-21)17(24)16-5-9-23(10-6-16)18-19-7-4-15(2)20-18/h4,7,16H,3,5-6,8-14H2,1-2H3. The number of piperazine rings is 1. The smallest absolute Gasteiger partial charge is 0.225 e. The number of hydrogen-bond acceptors (Lipinski definition) is 5. The zero-order valence-corrected chi connectivity index (χ0v) is 14.9. The molecule has 0 radical (unpaired) electrons. The van der Waals surface area contributed by atoms with E-state index in [9.17, 15) is 4.79 Å². The molecule has 1 aromatic heterocycles. The Balaban J connectivity index is 1.49. The summed E-state index contributed by atoms with van der Waals surface area (Å²) in [7, 11) is 0. The fourth-order valence-corrected chi connectivity index (χ4v) is 3.68. The van der Waals surface area contributed by atoms with Crippen LogP contribution in [0.4, 0.5) is 5.95 Å². The number of amides is 1. The number of nitrogens with zero attached hydrogens (tertiary/aromatic N) is 5. The molecule has 0 N–H and O–H groups in total. The number of piperidine rings is 1. The van der Waals surface area contributed by atoms with E-state index in [0.29, 0.717) is 5.91 Å². The summed E-state index contributed by atoms with van der Waals surface area (Å²) in [5.41, 5.74) is 0.989. The van der Waals surface area contributed by atoms with E-state index in [0.717, 1.165) is 70.3 Å². The van der Waals surface area contributed by atoms with Crippen LogP contribution in [0.1, 0.15) is 31.9 Å². The number of hydrogen-bond donors (Lipinski definition) is 0. The van der Waals surface area contributed by atoms with E-state index in [-0.39, 0.29) is 5.92 Å². The van der Waals surface area contributed by atoms with Gasteiger partial charge in [0.15, 0.2) is 0 Å². The number of anilines is 1. The summed E-state index contributed by atoms with van der Waals surface area (Å²) in [4.78, 5) is 28.4. The zero-order valence-electron chi connectivity index (χ0n) is 14.9. The molecule has 1 amide bonds. The molecule has 0 bridgehead atoms. The quantitative estimate of drug-likeness (QED) is 0.838. The van der Waals surface area contributed by atoms with E-state index < -0.39 is 0 Å². The van der Waals surface area contributed by atoms with Crippen LogP contribution in [0.15, 0.2) is 12.3 Å². The first-order valence-corrected chi connectivity index (χ1v) is 9.23. The molecule has 0 unspecified atom stereocenters. The predicted molar refractivity (Wildman–Crippen MR) is 95.0 cm³/mol. The minimum atomic E-state index is 0.170. The predicted octanol–water partition coefficient (Wildman–Crippen LogP) is 1.56. The van der Waals surface area contributed by atoms with Gasteiger partial charge in [-0.15, -0.1) is 0 Å². The van der Waals surface area contributed by atoms with Crippen molar-refractivity contribution in [1.29, 1.82) is 0 Å². The summed E-state index contributed by atoms with van der Waals surface area (Å²) >= 11 is 0. The first-order chi connectivity index (χ1) is 11.7. The third-order valence-electron chi connectivity index (χ3n) is 5.13. The van der Waals surface area contributed by atoms with E-state index in [1.807, 2.05) is 19.2 Å². The van der Waals surface area contributed by atoms with E-state index in [1.54, 1.807) is 0 Å². The highest BCUT2D eigenvalue weighted by Crippen LogP contribution is 2.23. The fraction of sp³-hybridized carbons (Fsp3) is 0.722. The Morgan fingerprint density at radius 3 is 2.50 bits per heavy atom. The van der Waals surface area contributed by atoms with Gasteiger partial charge >= 0.3 is 0 Å². The van der Waals surface area contributed by atoms with Crippen molar-refractivity contribution in [2.24, 2.45) is 5.92 Å². The Kier molecular flexibility index (Phi) is 5.66. The van der Waals surface area contributed by atoms with Crippen LogP contribution < -0.4 is 4.90 Å². The summed E-state index contributed by atoms with van der Waals surface area (Å²) < 4.78 is 0. The molecule has 6 heteroatoms. The van der Waals surface area contributed by atoms with E-state index in [1.165, 1.54) is 6.42 Å². The Hall–Kier alpha value is -1.69. The number of rotatable bonds is 4. The normalized spacial score (nSPS) is 20.4. The number of carbonyl (C=O) groups excluding carboxylic acids is 1. The monoisotopic (exact) mass is 331 g/mol. The maximum Gasteiger partial charge on any atom is 0.225 e. The van der Waals surface area contributed by atoms with Gasteiger partial charge in [0.2, 0.25) is 11.9 Å². The maximum absolute atomic E-state index is 12.8. The van der Waals surface area contributed by atoms with Gasteiger partial charge in [-0.25, -0.2) is 9.97 Å². The molecule has 0 spiro atoms. The molecular formula is C18H29N5O. The van der Waals surface area contributed by atoms with E-state index in [4.69, 9.17) is 0 Å². The van der Waals surface area contributed by atoms with Crippen molar-refractivity contribution >= 4 is 11.9 Å². The van der Waals surface area contributed by atoms with Crippen molar-refractivity contribution < 1.29 is 4.79 Å². The molecule has 2 fully saturated rings. The second-order valence-electron chi connectivity index (χ2n) is 6.93. The van der Waals surface area contributed by atoms with Crippen molar-refractivity contribution in [3.8, 4) is 0 Å². The Bertz CT molecular complexity index is 548. The molecule has 0 aromatic carbocycles. The van der Waals surface area contributed by atoms with Crippen LogP contribution in [-0.2, 0) is 4.79 Å². The summed E-state index contributed by atoms with van der Waals surface area (Å²) in [5.74, 6) is 1.33. The molecular weight excluding hydrogens is 302 g/mol. The lowest BCUT2D eigenvalue weighted by atomic mass is 9.95. The SMILES string of the molecule is CCCN1CCN(C(=O)C2CCN(c3nccc(C)n3)CC2)CC1. The largest absolute Gasteiger partial charge is 0.341 e. The topological polar surface area (TPSA) is 52.6 Å². The van der Waals surface area contributed by atoms with Crippen LogP contribution >= 0.6 is 0 Å². The third kappa shape index (κ3) is 4.04. The molecule has 3 heterocycles. The Morgan fingerprint density at radius 2 is 1.88 bits per heavy atom. The maximum atomic E-state index is 12.8. The lowest BCUT2D eigenvalue weighted by molar-refractivity contribution is -0.138. The average molecular weight is 331 g/mol. The summed E-state index contributed by atoms with van der Waals surface area (Å²) in [6, 6.07) is 1.91. The molecule has 2 aliphatic rings. The Morgan fingerprint density at radius 1 is 1.17 bits per heavy atom. The second kappa shape index (κ2) is 7.92. The summed E-state index contributed by atoms with van der Waals surface area (Å²) in [5, 5.41) is 0. The van der Waals surface area contributed by atoms with Crippen molar-refractivity contribution in [3.63, 3.8) is 0 Å². The molecule has 0 saturated carbocycles. The molecule has 3 rings (SSSR count). The van der Waals surface area contributed by atoms with E-state index >= 15 is 0 Å². The van der Waals surface area contributed by atoms with Gasteiger partial charge in [-0.3, -0.25) is 9.69 Å². The Labute approximate surface area is 144 Å². The van der Waals surface area contributed by atoms with Crippen molar-refractivity contribution in [2.45, 2.75) is 33.1 Å². The molecule has 1 aromatic rings. The lowest BCUT2D eigenvalue weighted by Crippen LogP contribution is -2.51. The van der Waals surface area contributed by atoms with Crippen LogP contribution in [0.3, 0.4) is 0 Å². The van der Waals surface area contributed by atoms with Gasteiger partial charge in [0, 0.05) is 57.1 Å².